The maximum absolute atomic E-state index is 11.3. The maximum Gasteiger partial charge on any atom is 0.320 e. The topological polar surface area (TPSA) is 64.6 Å². The first-order valence-electron chi connectivity index (χ1n) is 19.7. The van der Waals surface area contributed by atoms with E-state index >= 15 is 0 Å². The van der Waals surface area contributed by atoms with Crippen LogP contribution in [0.25, 0.3) is 0 Å². The number of hydrogen-bond acceptors (Lipinski definition) is 4. The van der Waals surface area contributed by atoms with Crippen LogP contribution in [0.3, 0.4) is 0 Å². The van der Waals surface area contributed by atoms with Crippen LogP contribution in [-0.4, -0.2) is 35.8 Å². The van der Waals surface area contributed by atoms with Crippen molar-refractivity contribution in [2.24, 2.45) is 0 Å². The van der Waals surface area contributed by atoms with E-state index in [4.69, 9.17) is 0 Å². The number of hydrazine groups is 2. The summed E-state index contributed by atoms with van der Waals surface area (Å²) in [6.45, 7) is 6.26. The minimum Gasteiger partial charge on any atom is -0.480 e. The van der Waals surface area contributed by atoms with Crippen molar-refractivity contribution < 1.29 is 9.90 Å². The maximum atomic E-state index is 11.3. The zero-order valence-corrected chi connectivity index (χ0v) is 29.6. The smallest absolute Gasteiger partial charge is 0.320 e. The van der Waals surface area contributed by atoms with Crippen LogP contribution in [-0.2, 0) is 4.79 Å². The van der Waals surface area contributed by atoms with E-state index in [2.05, 4.69) is 24.7 Å². The highest BCUT2D eigenvalue weighted by molar-refractivity contribution is 5.68. The van der Waals surface area contributed by atoms with Crippen LogP contribution in [0.4, 0.5) is 0 Å². The summed E-state index contributed by atoms with van der Waals surface area (Å²) in [6, 6.07) is 0. The van der Waals surface area contributed by atoms with Gasteiger partial charge in [-0.2, -0.15) is 5.12 Å². The molecule has 0 saturated heterocycles. The lowest BCUT2D eigenvalue weighted by molar-refractivity contribution is -0.140. The third-order valence-electron chi connectivity index (χ3n) is 8.96. The first-order valence-corrected chi connectivity index (χ1v) is 19.7. The van der Waals surface area contributed by atoms with E-state index < -0.39 is 5.97 Å². The van der Waals surface area contributed by atoms with Gasteiger partial charge in [-0.25, -0.2) is 10.9 Å². The molecule has 0 aromatic heterocycles. The molecule has 0 spiro atoms. The number of aliphatic carboxylic acids is 1. The summed E-state index contributed by atoms with van der Waals surface area (Å²) in [5.74, 6) is -0.793. The molecule has 0 radical (unpaired) electrons. The highest BCUT2D eigenvalue weighted by atomic mass is 16.4. The summed E-state index contributed by atoms with van der Waals surface area (Å²) in [4.78, 5) is 11.3. The summed E-state index contributed by atoms with van der Waals surface area (Å²) in [6.07, 6.45) is 43.9. The molecule has 0 unspecified atom stereocenters. The molecule has 0 amide bonds. The zero-order valence-electron chi connectivity index (χ0n) is 29.6. The summed E-state index contributed by atoms with van der Waals surface area (Å²) in [7, 11) is 0. The molecular formula is C38H79N3O2. The Morgan fingerprint density at radius 1 is 0.395 bits per heavy atom. The summed E-state index contributed by atoms with van der Waals surface area (Å²) >= 11 is 0. The molecule has 5 heteroatoms. The van der Waals surface area contributed by atoms with Crippen molar-refractivity contribution in [1.29, 1.82) is 0 Å². The van der Waals surface area contributed by atoms with Crippen LogP contribution in [0.5, 0.6) is 0 Å². The van der Waals surface area contributed by atoms with Crippen LogP contribution in [0.15, 0.2) is 0 Å². The van der Waals surface area contributed by atoms with Gasteiger partial charge < -0.3 is 5.11 Å². The van der Waals surface area contributed by atoms with Crippen molar-refractivity contribution in [3.8, 4) is 0 Å². The van der Waals surface area contributed by atoms with Crippen molar-refractivity contribution in [1.82, 2.24) is 16.0 Å². The number of hydrogen-bond donors (Lipinski definition) is 3. The van der Waals surface area contributed by atoms with Gasteiger partial charge in [-0.15, -0.1) is 0 Å². The molecule has 0 rings (SSSR count). The van der Waals surface area contributed by atoms with E-state index in [1.165, 1.54) is 193 Å². The Morgan fingerprint density at radius 3 is 0.814 bits per heavy atom. The fourth-order valence-electron chi connectivity index (χ4n) is 6.08. The predicted molar refractivity (Wildman–Crippen MR) is 189 cm³/mol. The fourth-order valence-corrected chi connectivity index (χ4v) is 6.08. The van der Waals surface area contributed by atoms with Gasteiger partial charge in [-0.3, -0.25) is 4.79 Å². The molecule has 0 heterocycles. The Kier molecular flexibility index (Phi) is 37.0. The van der Waals surface area contributed by atoms with Gasteiger partial charge in [0.15, 0.2) is 0 Å². The zero-order chi connectivity index (χ0) is 31.3. The highest BCUT2D eigenvalue weighted by Crippen LogP contribution is 2.15. The van der Waals surface area contributed by atoms with Crippen molar-refractivity contribution >= 4 is 5.97 Å². The number of nitrogens with one attached hydrogen (secondary N) is 2. The van der Waals surface area contributed by atoms with Crippen LogP contribution in [0.1, 0.15) is 219 Å². The Balaban J connectivity index is 3.45. The van der Waals surface area contributed by atoms with Gasteiger partial charge >= 0.3 is 5.97 Å². The number of carboxylic acids is 1. The molecule has 0 aliphatic rings. The van der Waals surface area contributed by atoms with Crippen LogP contribution < -0.4 is 10.9 Å². The Hall–Kier alpha value is -0.650. The van der Waals surface area contributed by atoms with Crippen molar-refractivity contribution in [3.63, 3.8) is 0 Å². The fraction of sp³-hybridized carbons (Fsp3) is 0.974. The number of carbonyl (C=O) groups is 1. The van der Waals surface area contributed by atoms with Gasteiger partial charge in [0, 0.05) is 13.1 Å². The molecule has 0 atom stereocenters. The van der Waals surface area contributed by atoms with Gasteiger partial charge in [-0.05, 0) is 12.8 Å². The molecule has 0 fully saturated rings. The highest BCUT2D eigenvalue weighted by Gasteiger charge is 2.08. The SMILES string of the molecule is CCCCCCCCCCCCCCCCCCNN(CC(=O)O)NCCCCCCCCCCCCCCCCCC. The molecule has 258 valence electrons. The van der Waals surface area contributed by atoms with Crippen molar-refractivity contribution in [2.45, 2.75) is 219 Å². The second-order valence-electron chi connectivity index (χ2n) is 13.4. The number of unbranched alkanes of at least 4 members (excludes halogenated alkanes) is 30. The Bertz CT molecular complexity index is 493. The molecule has 0 aromatic carbocycles. The quantitative estimate of drug-likeness (QED) is 0.0480. The van der Waals surface area contributed by atoms with Crippen LogP contribution in [0.2, 0.25) is 0 Å². The molecule has 5 nitrogen and oxygen atoms in total. The van der Waals surface area contributed by atoms with Crippen LogP contribution >= 0.6 is 0 Å². The van der Waals surface area contributed by atoms with Gasteiger partial charge in [0.05, 0.1) is 0 Å². The van der Waals surface area contributed by atoms with E-state index in [1.54, 1.807) is 5.12 Å². The second-order valence-corrected chi connectivity index (χ2v) is 13.4. The normalized spacial score (nSPS) is 11.6. The average Bonchev–Trinajstić information content (AvgIpc) is 2.99. The van der Waals surface area contributed by atoms with E-state index in [0.29, 0.717) is 0 Å². The molecular weight excluding hydrogens is 530 g/mol. The number of carboxylic acid groups (broad SMARTS) is 1. The van der Waals surface area contributed by atoms with Crippen LogP contribution in [0, 0.1) is 0 Å². The molecule has 43 heavy (non-hydrogen) atoms. The standard InChI is InChI=1S/C38H79N3O2/c1-3-5-7-9-11-13-15-17-19-21-23-25-27-29-31-33-35-39-41(37-38(42)43)40-36-34-32-30-28-26-24-22-20-18-16-14-12-10-8-6-4-2/h39-40H,3-37H2,1-2H3,(H,42,43). The minimum atomic E-state index is -0.793. The lowest BCUT2D eigenvalue weighted by Gasteiger charge is -2.22. The third kappa shape index (κ3) is 37.4. The van der Waals surface area contributed by atoms with Gasteiger partial charge in [0.25, 0.3) is 0 Å². The number of nitrogens with zero attached hydrogens (tertiary/aromatic N) is 1. The Labute approximate surface area is 270 Å². The molecule has 0 aliphatic carbocycles. The summed E-state index contributed by atoms with van der Waals surface area (Å²) in [5, 5.41) is 10.9. The lowest BCUT2D eigenvalue weighted by Crippen LogP contribution is -2.51. The van der Waals surface area contributed by atoms with Crippen molar-refractivity contribution in [2.75, 3.05) is 19.6 Å². The predicted octanol–water partition coefficient (Wildman–Crippen LogP) is 11.9. The van der Waals surface area contributed by atoms with E-state index in [-0.39, 0.29) is 6.54 Å². The minimum absolute atomic E-state index is 0.00227. The number of rotatable bonds is 38. The van der Waals surface area contributed by atoms with E-state index in [1.807, 2.05) is 0 Å². The first-order chi connectivity index (χ1) is 21.2. The first kappa shape index (κ1) is 42.3. The molecule has 0 aromatic rings. The van der Waals surface area contributed by atoms with Gasteiger partial charge in [-0.1, -0.05) is 206 Å². The molecule has 0 aliphatic heterocycles. The summed E-state index contributed by atoms with van der Waals surface area (Å²) in [5.41, 5.74) is 6.59. The average molecular weight is 610 g/mol. The molecule has 0 saturated carbocycles. The molecule has 0 bridgehead atoms. The van der Waals surface area contributed by atoms with E-state index in [9.17, 15) is 9.90 Å². The van der Waals surface area contributed by atoms with E-state index in [0.717, 1.165) is 25.9 Å². The van der Waals surface area contributed by atoms with Gasteiger partial charge in [0.2, 0.25) is 0 Å². The lowest BCUT2D eigenvalue weighted by atomic mass is 10.0. The monoisotopic (exact) mass is 610 g/mol. The van der Waals surface area contributed by atoms with Crippen molar-refractivity contribution in [3.05, 3.63) is 0 Å². The third-order valence-corrected chi connectivity index (χ3v) is 8.96. The van der Waals surface area contributed by atoms with Gasteiger partial charge in [0.1, 0.15) is 6.54 Å². The second kappa shape index (κ2) is 37.5. The Morgan fingerprint density at radius 2 is 0.605 bits per heavy atom. The largest absolute Gasteiger partial charge is 0.480 e. The summed E-state index contributed by atoms with van der Waals surface area (Å²) < 4.78 is 0. The molecule has 3 N–H and O–H groups in total.